The molecule has 0 spiro atoms. The fraction of sp³-hybridized carbons (Fsp3) is 0.786. The summed E-state index contributed by atoms with van der Waals surface area (Å²) in [6.45, 7) is 3.99. The fourth-order valence-corrected chi connectivity index (χ4v) is 2.66. The maximum Gasteiger partial charge on any atom is 0.195 e. The Bertz CT molecular complexity index is 387. The van der Waals surface area contributed by atoms with Crippen molar-refractivity contribution in [3.8, 4) is 0 Å². The molecule has 1 saturated carbocycles. The molecule has 18 heavy (non-hydrogen) atoms. The third-order valence-corrected chi connectivity index (χ3v) is 3.90. The molecular formula is C14H22N2O2. The van der Waals surface area contributed by atoms with E-state index in [2.05, 4.69) is 17.2 Å². The highest BCUT2D eigenvalue weighted by Crippen LogP contribution is 2.33. The van der Waals surface area contributed by atoms with Crippen molar-refractivity contribution < 1.29 is 9.15 Å². The van der Waals surface area contributed by atoms with E-state index in [0.29, 0.717) is 12.0 Å². The lowest BCUT2D eigenvalue weighted by molar-refractivity contribution is 0.0971. The quantitative estimate of drug-likeness (QED) is 0.841. The molecule has 1 aliphatic carbocycles. The summed E-state index contributed by atoms with van der Waals surface area (Å²) in [5, 5.41) is 3.48. The first-order valence-electron chi connectivity index (χ1n) is 7.16. The lowest BCUT2D eigenvalue weighted by atomic mass is 9.97. The van der Waals surface area contributed by atoms with E-state index in [4.69, 9.17) is 9.15 Å². The van der Waals surface area contributed by atoms with E-state index in [1.54, 1.807) is 0 Å². The van der Waals surface area contributed by atoms with Crippen molar-refractivity contribution in [3.05, 3.63) is 17.8 Å². The predicted molar refractivity (Wildman–Crippen MR) is 68.6 cm³/mol. The van der Waals surface area contributed by atoms with Gasteiger partial charge in [0, 0.05) is 31.5 Å². The van der Waals surface area contributed by atoms with Crippen LogP contribution in [-0.2, 0) is 11.2 Å². The summed E-state index contributed by atoms with van der Waals surface area (Å²) in [5.41, 5.74) is 0. The molecule has 3 rings (SSSR count). The molecule has 0 aromatic carbocycles. The molecule has 2 unspecified atom stereocenters. The summed E-state index contributed by atoms with van der Waals surface area (Å²) in [5.74, 6) is 2.29. The zero-order valence-corrected chi connectivity index (χ0v) is 11.0. The van der Waals surface area contributed by atoms with Crippen LogP contribution in [0.4, 0.5) is 0 Å². The van der Waals surface area contributed by atoms with Gasteiger partial charge in [-0.1, -0.05) is 6.92 Å². The second-order valence-electron chi connectivity index (χ2n) is 5.35. The topological polar surface area (TPSA) is 47.3 Å². The lowest BCUT2D eigenvalue weighted by Crippen LogP contribution is -2.19. The molecular weight excluding hydrogens is 228 g/mol. The zero-order valence-electron chi connectivity index (χ0n) is 11.0. The van der Waals surface area contributed by atoms with Gasteiger partial charge in [0.15, 0.2) is 5.89 Å². The molecule has 2 aliphatic rings. The van der Waals surface area contributed by atoms with Gasteiger partial charge in [-0.2, -0.15) is 0 Å². The number of hydrogen-bond donors (Lipinski definition) is 1. The summed E-state index contributed by atoms with van der Waals surface area (Å²) >= 11 is 0. The van der Waals surface area contributed by atoms with Gasteiger partial charge in [-0.25, -0.2) is 4.98 Å². The second kappa shape index (κ2) is 5.41. The van der Waals surface area contributed by atoms with Crippen molar-refractivity contribution in [3.63, 3.8) is 0 Å². The Morgan fingerprint density at radius 3 is 3.06 bits per heavy atom. The van der Waals surface area contributed by atoms with Gasteiger partial charge in [0.05, 0.1) is 12.3 Å². The van der Waals surface area contributed by atoms with Crippen LogP contribution < -0.4 is 5.32 Å². The van der Waals surface area contributed by atoms with E-state index in [1.165, 1.54) is 12.8 Å². The van der Waals surface area contributed by atoms with Crippen molar-refractivity contribution in [2.75, 3.05) is 13.2 Å². The highest BCUT2D eigenvalue weighted by molar-refractivity contribution is 5.06. The average molecular weight is 250 g/mol. The van der Waals surface area contributed by atoms with Crippen molar-refractivity contribution in [1.82, 2.24) is 10.3 Å². The molecule has 1 saturated heterocycles. The standard InChI is InChI=1S/C14H22N2O2/c1-2-12-11(6-8-17-12)13-9-16-14(18-13)5-7-15-10-3-4-10/h9-12,15H,2-8H2,1H3. The minimum Gasteiger partial charge on any atom is -0.445 e. The molecule has 2 fully saturated rings. The van der Waals surface area contributed by atoms with Crippen LogP contribution in [0, 0.1) is 0 Å². The molecule has 1 aromatic heterocycles. The van der Waals surface area contributed by atoms with Gasteiger partial charge in [0.2, 0.25) is 0 Å². The van der Waals surface area contributed by atoms with E-state index in [9.17, 15) is 0 Å². The summed E-state index contributed by atoms with van der Waals surface area (Å²) in [4.78, 5) is 4.38. The Morgan fingerprint density at radius 2 is 2.28 bits per heavy atom. The van der Waals surface area contributed by atoms with Crippen LogP contribution in [-0.4, -0.2) is 30.3 Å². The van der Waals surface area contributed by atoms with Crippen molar-refractivity contribution >= 4 is 0 Å². The average Bonchev–Trinajstić information content (AvgIpc) is 2.92. The summed E-state index contributed by atoms with van der Waals surface area (Å²) in [6, 6.07) is 0.757. The molecule has 100 valence electrons. The largest absolute Gasteiger partial charge is 0.445 e. The fourth-order valence-electron chi connectivity index (χ4n) is 2.66. The van der Waals surface area contributed by atoms with Crippen molar-refractivity contribution in [2.24, 2.45) is 0 Å². The van der Waals surface area contributed by atoms with Crippen LogP contribution in [0.15, 0.2) is 10.6 Å². The molecule has 0 amide bonds. The SMILES string of the molecule is CCC1OCCC1c1cnc(CCNC2CC2)o1. The maximum atomic E-state index is 5.87. The smallest absolute Gasteiger partial charge is 0.195 e. The monoisotopic (exact) mass is 250 g/mol. The number of oxazole rings is 1. The van der Waals surface area contributed by atoms with E-state index in [0.717, 1.165) is 50.1 Å². The number of hydrogen-bond acceptors (Lipinski definition) is 4. The first kappa shape index (κ1) is 12.2. The highest BCUT2D eigenvalue weighted by atomic mass is 16.5. The van der Waals surface area contributed by atoms with Gasteiger partial charge in [-0.05, 0) is 25.7 Å². The molecule has 4 nitrogen and oxygen atoms in total. The molecule has 1 N–H and O–H groups in total. The first-order chi connectivity index (χ1) is 8.86. The molecule has 1 aromatic rings. The Hall–Kier alpha value is -0.870. The second-order valence-corrected chi connectivity index (χ2v) is 5.35. The van der Waals surface area contributed by atoms with Crippen molar-refractivity contribution in [1.29, 1.82) is 0 Å². The zero-order chi connectivity index (χ0) is 12.4. The van der Waals surface area contributed by atoms with Gasteiger partial charge >= 0.3 is 0 Å². The minimum atomic E-state index is 0.315. The van der Waals surface area contributed by atoms with Crippen LogP contribution >= 0.6 is 0 Å². The molecule has 0 radical (unpaired) electrons. The van der Waals surface area contributed by atoms with Crippen LogP contribution in [0.25, 0.3) is 0 Å². The number of rotatable bonds is 6. The first-order valence-corrected chi connectivity index (χ1v) is 7.16. The Labute approximate surface area is 108 Å². The molecule has 4 heteroatoms. The van der Waals surface area contributed by atoms with Crippen LogP contribution in [0.3, 0.4) is 0 Å². The van der Waals surface area contributed by atoms with Gasteiger partial charge < -0.3 is 14.5 Å². The van der Waals surface area contributed by atoms with E-state index in [-0.39, 0.29) is 0 Å². The third-order valence-electron chi connectivity index (χ3n) is 3.90. The normalized spacial score (nSPS) is 27.8. The summed E-state index contributed by atoms with van der Waals surface area (Å²) in [6.07, 6.45) is 7.87. The van der Waals surface area contributed by atoms with Gasteiger partial charge in [0.25, 0.3) is 0 Å². The van der Waals surface area contributed by atoms with Gasteiger partial charge in [0.1, 0.15) is 5.76 Å². The highest BCUT2D eigenvalue weighted by Gasteiger charge is 2.31. The Morgan fingerprint density at radius 1 is 1.39 bits per heavy atom. The molecule has 2 heterocycles. The van der Waals surface area contributed by atoms with Gasteiger partial charge in [-0.15, -0.1) is 0 Å². The molecule has 0 bridgehead atoms. The Kier molecular flexibility index (Phi) is 3.66. The van der Waals surface area contributed by atoms with E-state index in [1.807, 2.05) is 6.20 Å². The van der Waals surface area contributed by atoms with Gasteiger partial charge in [-0.3, -0.25) is 0 Å². The van der Waals surface area contributed by atoms with Crippen molar-refractivity contribution in [2.45, 2.75) is 57.1 Å². The molecule has 1 aliphatic heterocycles. The predicted octanol–water partition coefficient (Wildman–Crippen LogP) is 2.25. The van der Waals surface area contributed by atoms with Crippen LogP contribution in [0.2, 0.25) is 0 Å². The van der Waals surface area contributed by atoms with Crippen LogP contribution in [0.5, 0.6) is 0 Å². The Balaban J connectivity index is 1.54. The minimum absolute atomic E-state index is 0.315. The summed E-state index contributed by atoms with van der Waals surface area (Å²) < 4.78 is 11.6. The third kappa shape index (κ3) is 2.75. The number of nitrogens with one attached hydrogen (secondary N) is 1. The number of aromatic nitrogens is 1. The van der Waals surface area contributed by atoms with E-state index >= 15 is 0 Å². The van der Waals surface area contributed by atoms with Crippen LogP contribution in [0.1, 0.15) is 50.2 Å². The van der Waals surface area contributed by atoms with E-state index < -0.39 is 0 Å². The summed E-state index contributed by atoms with van der Waals surface area (Å²) in [7, 11) is 0. The molecule has 2 atom stereocenters. The lowest BCUT2D eigenvalue weighted by Gasteiger charge is -2.13. The number of nitrogens with zero attached hydrogens (tertiary/aromatic N) is 1. The maximum absolute atomic E-state index is 5.87. The number of ether oxygens (including phenoxy) is 1.